The molecule has 3 rings (SSSR count). The highest BCUT2D eigenvalue weighted by molar-refractivity contribution is 6.31. The van der Waals surface area contributed by atoms with Crippen LogP contribution in [0.2, 0.25) is 5.02 Å². The van der Waals surface area contributed by atoms with E-state index in [1.165, 1.54) is 12.1 Å². The molecule has 1 aromatic carbocycles. The van der Waals surface area contributed by atoms with Gasteiger partial charge in [0.2, 0.25) is 0 Å². The van der Waals surface area contributed by atoms with Crippen molar-refractivity contribution in [2.45, 2.75) is 6.04 Å². The van der Waals surface area contributed by atoms with Gasteiger partial charge < -0.3 is 14.2 Å². The molecule has 0 saturated carbocycles. The lowest BCUT2D eigenvalue weighted by atomic mass is 10.2. The van der Waals surface area contributed by atoms with Crippen molar-refractivity contribution in [3.05, 3.63) is 69.4 Å². The van der Waals surface area contributed by atoms with Crippen LogP contribution in [0.25, 0.3) is 11.0 Å². The zero-order valence-electron chi connectivity index (χ0n) is 14.2. The van der Waals surface area contributed by atoms with Gasteiger partial charge in [-0.2, -0.15) is 0 Å². The summed E-state index contributed by atoms with van der Waals surface area (Å²) in [5, 5.41) is 3.55. The average molecular weight is 397 g/mol. The van der Waals surface area contributed by atoms with Gasteiger partial charge in [-0.1, -0.05) is 11.6 Å². The van der Waals surface area contributed by atoms with Gasteiger partial charge >= 0.3 is 0 Å². The first-order chi connectivity index (χ1) is 12.0. The molecule has 1 atom stereocenters. The summed E-state index contributed by atoms with van der Waals surface area (Å²) in [6, 6.07) is 9.37. The number of hydrogen-bond donors (Lipinski definition) is 1. The predicted molar refractivity (Wildman–Crippen MR) is 102 cm³/mol. The normalized spacial score (nSPS) is 12.0. The highest BCUT2D eigenvalue weighted by Gasteiger charge is 2.19. The SMILES string of the molecule is CN(C)C(CNC(=O)c1cc(=O)c2cc(Cl)ccc2o1)c1ccco1.Cl. The molecule has 1 amide bonds. The van der Waals surface area contributed by atoms with Crippen LogP contribution in [0.15, 0.2) is 56.3 Å². The van der Waals surface area contributed by atoms with E-state index in [4.69, 9.17) is 20.4 Å². The Hall–Kier alpha value is -2.28. The molecule has 0 aliphatic carbocycles. The van der Waals surface area contributed by atoms with Gasteiger partial charge in [0, 0.05) is 17.6 Å². The van der Waals surface area contributed by atoms with Gasteiger partial charge in [0.05, 0.1) is 17.7 Å². The van der Waals surface area contributed by atoms with Crippen LogP contribution in [0.1, 0.15) is 22.4 Å². The van der Waals surface area contributed by atoms with E-state index in [0.29, 0.717) is 22.5 Å². The van der Waals surface area contributed by atoms with Crippen molar-refractivity contribution in [1.82, 2.24) is 10.2 Å². The van der Waals surface area contributed by atoms with Crippen molar-refractivity contribution in [1.29, 1.82) is 0 Å². The Kier molecular flexibility index (Phi) is 6.47. The molecule has 138 valence electrons. The lowest BCUT2D eigenvalue weighted by molar-refractivity contribution is 0.0912. The Balaban J connectivity index is 0.00000243. The standard InChI is InChI=1S/C18H17ClN2O4.ClH/c1-21(2)13(16-4-3-7-24-16)10-20-18(23)17-9-14(22)12-8-11(19)5-6-15(12)25-17;/h3-9,13H,10H2,1-2H3,(H,20,23);1H. The molecule has 0 aliphatic rings. The Labute approximate surface area is 161 Å². The summed E-state index contributed by atoms with van der Waals surface area (Å²) in [7, 11) is 3.78. The summed E-state index contributed by atoms with van der Waals surface area (Å²) in [6.45, 7) is 0.307. The first-order valence-electron chi connectivity index (χ1n) is 7.67. The van der Waals surface area contributed by atoms with Crippen LogP contribution >= 0.6 is 24.0 Å². The third-order valence-electron chi connectivity index (χ3n) is 3.86. The summed E-state index contributed by atoms with van der Waals surface area (Å²) >= 11 is 5.88. The Morgan fingerprint density at radius 1 is 1.27 bits per heavy atom. The number of nitrogens with zero attached hydrogens (tertiary/aromatic N) is 1. The predicted octanol–water partition coefficient (Wildman–Crippen LogP) is 3.49. The Morgan fingerprint density at radius 2 is 2.04 bits per heavy atom. The quantitative estimate of drug-likeness (QED) is 0.713. The lowest BCUT2D eigenvalue weighted by Gasteiger charge is -2.22. The van der Waals surface area contributed by atoms with E-state index in [1.807, 2.05) is 25.1 Å². The molecule has 0 spiro atoms. The summed E-state index contributed by atoms with van der Waals surface area (Å²) in [6.07, 6.45) is 1.58. The fourth-order valence-electron chi connectivity index (χ4n) is 2.54. The van der Waals surface area contributed by atoms with Gasteiger partial charge in [-0.15, -0.1) is 12.4 Å². The molecular weight excluding hydrogens is 379 g/mol. The van der Waals surface area contributed by atoms with E-state index < -0.39 is 5.91 Å². The average Bonchev–Trinajstić information content (AvgIpc) is 3.09. The van der Waals surface area contributed by atoms with E-state index in [2.05, 4.69) is 5.32 Å². The van der Waals surface area contributed by atoms with Gasteiger partial charge in [0.15, 0.2) is 11.2 Å². The molecule has 1 unspecified atom stereocenters. The topological polar surface area (TPSA) is 75.7 Å². The third kappa shape index (κ3) is 4.27. The molecule has 2 heterocycles. The van der Waals surface area contributed by atoms with Gasteiger partial charge in [-0.25, -0.2) is 0 Å². The first kappa shape index (κ1) is 20.0. The molecule has 0 bridgehead atoms. The van der Waals surface area contributed by atoms with Crippen molar-refractivity contribution in [2.24, 2.45) is 0 Å². The van der Waals surface area contributed by atoms with E-state index >= 15 is 0 Å². The van der Waals surface area contributed by atoms with E-state index in [9.17, 15) is 9.59 Å². The van der Waals surface area contributed by atoms with E-state index in [1.54, 1.807) is 24.5 Å². The van der Waals surface area contributed by atoms with E-state index in [-0.39, 0.29) is 29.6 Å². The number of rotatable bonds is 5. The summed E-state index contributed by atoms with van der Waals surface area (Å²) in [5.74, 6) is 0.226. The molecule has 26 heavy (non-hydrogen) atoms. The minimum Gasteiger partial charge on any atom is -0.468 e. The number of furan rings is 1. The van der Waals surface area contributed by atoms with Crippen LogP contribution in [0, 0.1) is 0 Å². The summed E-state index contributed by atoms with van der Waals surface area (Å²) < 4.78 is 10.9. The molecule has 2 aromatic heterocycles. The summed E-state index contributed by atoms with van der Waals surface area (Å²) in [5.41, 5.74) is 0.00124. The fraction of sp³-hybridized carbons (Fsp3) is 0.222. The van der Waals surface area contributed by atoms with Gasteiger partial charge in [-0.3, -0.25) is 14.5 Å². The Bertz CT molecular complexity index is 951. The lowest BCUT2D eigenvalue weighted by Crippen LogP contribution is -2.34. The minimum absolute atomic E-state index is 0. The van der Waals surface area contributed by atoms with Crippen molar-refractivity contribution in [3.8, 4) is 0 Å². The molecular formula is C18H18Cl2N2O4. The molecule has 0 fully saturated rings. The number of carbonyl (C=O) groups excluding carboxylic acids is 1. The first-order valence-corrected chi connectivity index (χ1v) is 8.05. The van der Waals surface area contributed by atoms with Crippen LogP contribution in [0.5, 0.6) is 0 Å². The fourth-order valence-corrected chi connectivity index (χ4v) is 2.71. The zero-order valence-corrected chi connectivity index (χ0v) is 15.8. The van der Waals surface area contributed by atoms with Crippen molar-refractivity contribution < 1.29 is 13.6 Å². The van der Waals surface area contributed by atoms with Crippen molar-refractivity contribution in [3.63, 3.8) is 0 Å². The molecule has 8 heteroatoms. The van der Waals surface area contributed by atoms with Crippen molar-refractivity contribution in [2.75, 3.05) is 20.6 Å². The number of carbonyl (C=O) groups is 1. The molecule has 3 aromatic rings. The minimum atomic E-state index is -0.465. The number of hydrogen-bond acceptors (Lipinski definition) is 5. The molecule has 0 saturated heterocycles. The van der Waals surface area contributed by atoms with Gasteiger partial charge in [-0.05, 0) is 44.4 Å². The van der Waals surface area contributed by atoms with Crippen LogP contribution in [-0.4, -0.2) is 31.4 Å². The number of likely N-dealkylation sites (N-methyl/N-ethyl adjacent to an activating group) is 1. The second-order valence-electron chi connectivity index (χ2n) is 5.82. The molecule has 0 aliphatic heterocycles. The molecule has 1 N–H and O–H groups in total. The van der Waals surface area contributed by atoms with Crippen molar-refractivity contribution >= 4 is 40.9 Å². The zero-order chi connectivity index (χ0) is 18.0. The maximum absolute atomic E-state index is 12.4. The van der Waals surface area contributed by atoms with Gasteiger partial charge in [0.25, 0.3) is 5.91 Å². The van der Waals surface area contributed by atoms with Crippen LogP contribution in [0.3, 0.4) is 0 Å². The number of amides is 1. The number of fused-ring (bicyclic) bond motifs is 1. The van der Waals surface area contributed by atoms with Gasteiger partial charge in [0.1, 0.15) is 11.3 Å². The van der Waals surface area contributed by atoms with Crippen LogP contribution in [0.4, 0.5) is 0 Å². The second kappa shape index (κ2) is 8.40. The number of benzene rings is 1. The van der Waals surface area contributed by atoms with E-state index in [0.717, 1.165) is 5.76 Å². The van der Waals surface area contributed by atoms with Crippen LogP contribution < -0.4 is 10.7 Å². The largest absolute Gasteiger partial charge is 0.468 e. The Morgan fingerprint density at radius 3 is 2.69 bits per heavy atom. The maximum atomic E-state index is 12.4. The highest BCUT2D eigenvalue weighted by Crippen LogP contribution is 2.19. The number of halogens is 2. The number of nitrogens with one attached hydrogen (secondary N) is 1. The van der Waals surface area contributed by atoms with Crippen LogP contribution in [-0.2, 0) is 0 Å². The summed E-state index contributed by atoms with van der Waals surface area (Å²) in [4.78, 5) is 26.5. The monoisotopic (exact) mass is 396 g/mol. The smallest absolute Gasteiger partial charge is 0.287 e. The molecule has 0 radical (unpaired) electrons. The maximum Gasteiger partial charge on any atom is 0.287 e. The third-order valence-corrected chi connectivity index (χ3v) is 4.10. The highest BCUT2D eigenvalue weighted by atomic mass is 35.5. The molecule has 6 nitrogen and oxygen atoms in total. The second-order valence-corrected chi connectivity index (χ2v) is 6.26.